The molecule has 0 aliphatic heterocycles. The van der Waals surface area contributed by atoms with Gasteiger partial charge in [-0.25, -0.2) is 0 Å². The molecule has 0 aromatic heterocycles. The molecule has 5 atom stereocenters. The Morgan fingerprint density at radius 3 is 2.73 bits per heavy atom. The van der Waals surface area contributed by atoms with Crippen molar-refractivity contribution in [2.75, 3.05) is 0 Å². The van der Waals surface area contributed by atoms with E-state index in [0.29, 0.717) is 6.04 Å². The van der Waals surface area contributed by atoms with E-state index in [0.717, 1.165) is 23.7 Å². The van der Waals surface area contributed by atoms with Gasteiger partial charge >= 0.3 is 0 Å². The van der Waals surface area contributed by atoms with E-state index >= 15 is 0 Å². The molecule has 1 heteroatoms. The first-order valence-corrected chi connectivity index (χ1v) is 4.80. The summed E-state index contributed by atoms with van der Waals surface area (Å²) in [6.07, 6.45) is 9.04. The molecule has 2 saturated carbocycles. The second-order valence-electron chi connectivity index (χ2n) is 4.45. The van der Waals surface area contributed by atoms with Gasteiger partial charge in [-0.1, -0.05) is 12.2 Å². The fourth-order valence-corrected chi connectivity index (χ4v) is 3.62. The Morgan fingerprint density at radius 2 is 1.91 bits per heavy atom. The van der Waals surface area contributed by atoms with E-state index < -0.39 is 0 Å². The minimum absolute atomic E-state index is 0.398. The lowest BCUT2D eigenvalue weighted by atomic mass is 9.80. The largest absolute Gasteiger partial charge is 0.324 e. The van der Waals surface area contributed by atoms with Crippen molar-refractivity contribution < 1.29 is 0 Å². The molecule has 0 aromatic rings. The van der Waals surface area contributed by atoms with Crippen LogP contribution < -0.4 is 5.73 Å². The molecular weight excluding hydrogens is 134 g/mol. The molecule has 3 aliphatic rings. The molecule has 2 N–H and O–H groups in total. The summed E-state index contributed by atoms with van der Waals surface area (Å²) in [5, 5.41) is 0. The monoisotopic (exact) mass is 149 g/mol. The van der Waals surface area contributed by atoms with E-state index in [2.05, 4.69) is 12.2 Å². The Labute approximate surface area is 67.7 Å². The van der Waals surface area contributed by atoms with Gasteiger partial charge < -0.3 is 5.73 Å². The first-order valence-electron chi connectivity index (χ1n) is 4.80. The van der Waals surface area contributed by atoms with E-state index in [1.54, 1.807) is 0 Å². The summed E-state index contributed by atoms with van der Waals surface area (Å²) in [5.74, 6) is 3.71. The molecule has 3 rings (SSSR count). The lowest BCUT2D eigenvalue weighted by Crippen LogP contribution is -2.32. The van der Waals surface area contributed by atoms with Crippen LogP contribution in [-0.4, -0.2) is 6.04 Å². The highest BCUT2D eigenvalue weighted by Gasteiger charge is 2.50. The average molecular weight is 149 g/mol. The van der Waals surface area contributed by atoms with Crippen molar-refractivity contribution >= 4 is 0 Å². The van der Waals surface area contributed by atoms with Crippen LogP contribution in [-0.2, 0) is 0 Å². The summed E-state index contributed by atoms with van der Waals surface area (Å²) < 4.78 is 0. The van der Waals surface area contributed by atoms with Gasteiger partial charge in [-0.2, -0.15) is 0 Å². The fourth-order valence-electron chi connectivity index (χ4n) is 3.62. The van der Waals surface area contributed by atoms with E-state index in [-0.39, 0.29) is 0 Å². The van der Waals surface area contributed by atoms with Crippen molar-refractivity contribution in [2.45, 2.75) is 25.3 Å². The maximum Gasteiger partial charge on any atom is 0.0260 e. The van der Waals surface area contributed by atoms with Gasteiger partial charge in [0.2, 0.25) is 0 Å². The third-order valence-electron chi connectivity index (χ3n) is 4.05. The lowest BCUT2D eigenvalue weighted by Gasteiger charge is -2.26. The van der Waals surface area contributed by atoms with Crippen LogP contribution in [0.25, 0.3) is 0 Å². The van der Waals surface area contributed by atoms with Crippen molar-refractivity contribution in [3.8, 4) is 0 Å². The zero-order valence-electron chi connectivity index (χ0n) is 6.74. The summed E-state index contributed by atoms with van der Waals surface area (Å²) in [5.41, 5.74) is 6.02. The molecule has 0 spiro atoms. The molecule has 0 aromatic carbocycles. The Morgan fingerprint density at radius 1 is 1.09 bits per heavy atom. The predicted molar refractivity (Wildman–Crippen MR) is 44.9 cm³/mol. The van der Waals surface area contributed by atoms with E-state index in [1.807, 2.05) is 0 Å². The zero-order valence-corrected chi connectivity index (χ0v) is 6.74. The van der Waals surface area contributed by atoms with Crippen molar-refractivity contribution in [1.82, 2.24) is 0 Å². The Bertz CT molecular complexity index is 209. The Kier molecular flexibility index (Phi) is 1.07. The molecule has 2 bridgehead atoms. The molecule has 0 saturated heterocycles. The average Bonchev–Trinajstić information content (AvgIpc) is 2.60. The zero-order chi connectivity index (χ0) is 7.42. The first kappa shape index (κ1) is 6.24. The highest BCUT2D eigenvalue weighted by atomic mass is 14.7. The highest BCUT2D eigenvalue weighted by molar-refractivity contribution is 5.17. The van der Waals surface area contributed by atoms with Crippen molar-refractivity contribution in [1.29, 1.82) is 0 Å². The Balaban J connectivity index is 1.96. The Hall–Kier alpha value is -0.300. The summed E-state index contributed by atoms with van der Waals surface area (Å²) >= 11 is 0. The minimum atomic E-state index is 0.398. The highest BCUT2D eigenvalue weighted by Crippen LogP contribution is 2.55. The van der Waals surface area contributed by atoms with Gasteiger partial charge in [-0.3, -0.25) is 0 Å². The number of nitrogens with two attached hydrogens (primary N) is 1. The molecule has 60 valence electrons. The molecule has 0 heterocycles. The van der Waals surface area contributed by atoms with Gasteiger partial charge in [0, 0.05) is 6.04 Å². The quantitative estimate of drug-likeness (QED) is 0.519. The summed E-state index contributed by atoms with van der Waals surface area (Å²) in [4.78, 5) is 0. The SMILES string of the molecule is NC1C=CC2C3CCC(C3)C12. The number of hydrogen-bond acceptors (Lipinski definition) is 1. The summed E-state index contributed by atoms with van der Waals surface area (Å²) in [7, 11) is 0. The fraction of sp³-hybridized carbons (Fsp3) is 0.800. The number of fused-ring (bicyclic) bond motifs is 5. The van der Waals surface area contributed by atoms with Gasteiger partial charge in [0.15, 0.2) is 0 Å². The van der Waals surface area contributed by atoms with Crippen LogP contribution >= 0.6 is 0 Å². The number of hydrogen-bond donors (Lipinski definition) is 1. The number of rotatable bonds is 0. The van der Waals surface area contributed by atoms with Crippen LogP contribution in [0.3, 0.4) is 0 Å². The molecule has 0 radical (unpaired) electrons. The summed E-state index contributed by atoms with van der Waals surface area (Å²) in [6.45, 7) is 0. The second kappa shape index (κ2) is 1.89. The second-order valence-corrected chi connectivity index (χ2v) is 4.45. The van der Waals surface area contributed by atoms with Gasteiger partial charge in [-0.05, 0) is 42.9 Å². The molecule has 5 unspecified atom stereocenters. The standard InChI is InChI=1S/C10H15N/c11-9-4-3-8-6-1-2-7(5-6)10(8)9/h3-4,6-10H,1-2,5,11H2. The molecule has 3 aliphatic carbocycles. The smallest absolute Gasteiger partial charge is 0.0260 e. The van der Waals surface area contributed by atoms with Gasteiger partial charge in [0.05, 0.1) is 0 Å². The summed E-state index contributed by atoms with van der Waals surface area (Å²) in [6, 6.07) is 0.398. The van der Waals surface area contributed by atoms with Crippen LogP contribution in [0.15, 0.2) is 12.2 Å². The molecule has 1 nitrogen and oxygen atoms in total. The maximum atomic E-state index is 6.02. The van der Waals surface area contributed by atoms with E-state index in [4.69, 9.17) is 5.73 Å². The number of allylic oxidation sites excluding steroid dienone is 1. The van der Waals surface area contributed by atoms with E-state index in [9.17, 15) is 0 Å². The van der Waals surface area contributed by atoms with Crippen LogP contribution in [0.4, 0.5) is 0 Å². The topological polar surface area (TPSA) is 26.0 Å². The predicted octanol–water partition coefficient (Wildman–Crippen LogP) is 1.55. The van der Waals surface area contributed by atoms with Crippen LogP contribution in [0.2, 0.25) is 0 Å². The molecular formula is C10H15N. The normalized spacial score (nSPS) is 58.8. The minimum Gasteiger partial charge on any atom is -0.324 e. The third kappa shape index (κ3) is 0.652. The van der Waals surface area contributed by atoms with Crippen molar-refractivity contribution in [2.24, 2.45) is 29.4 Å². The van der Waals surface area contributed by atoms with Crippen LogP contribution in [0.1, 0.15) is 19.3 Å². The van der Waals surface area contributed by atoms with Crippen LogP contribution in [0, 0.1) is 23.7 Å². The van der Waals surface area contributed by atoms with E-state index in [1.165, 1.54) is 19.3 Å². The first-order chi connectivity index (χ1) is 5.36. The lowest BCUT2D eigenvalue weighted by molar-refractivity contribution is 0.264. The van der Waals surface area contributed by atoms with Crippen molar-refractivity contribution in [3.05, 3.63) is 12.2 Å². The molecule has 0 amide bonds. The molecule has 11 heavy (non-hydrogen) atoms. The third-order valence-corrected chi connectivity index (χ3v) is 4.05. The maximum absolute atomic E-state index is 6.02. The van der Waals surface area contributed by atoms with Gasteiger partial charge in [-0.15, -0.1) is 0 Å². The van der Waals surface area contributed by atoms with Gasteiger partial charge in [0.25, 0.3) is 0 Å². The molecule has 2 fully saturated rings. The van der Waals surface area contributed by atoms with Crippen LogP contribution in [0.5, 0.6) is 0 Å². The van der Waals surface area contributed by atoms with Gasteiger partial charge in [0.1, 0.15) is 0 Å². The van der Waals surface area contributed by atoms with Crippen molar-refractivity contribution in [3.63, 3.8) is 0 Å².